The number of hydrogen-bond donors (Lipinski definition) is 1. The monoisotopic (exact) mass is 406 g/mol. The average molecular weight is 407 g/mol. The van der Waals surface area contributed by atoms with Gasteiger partial charge in [-0.2, -0.15) is 0 Å². The second kappa shape index (κ2) is 8.37. The lowest BCUT2D eigenvalue weighted by atomic mass is 10.2. The van der Waals surface area contributed by atoms with E-state index in [2.05, 4.69) is 5.32 Å². The van der Waals surface area contributed by atoms with Crippen LogP contribution in [0.4, 0.5) is 11.4 Å². The number of ether oxygens (including phenoxy) is 1. The molecule has 1 saturated heterocycles. The molecule has 0 bridgehead atoms. The lowest BCUT2D eigenvalue weighted by Crippen LogP contribution is -2.23. The molecule has 4 rings (SSSR count). The summed E-state index contributed by atoms with van der Waals surface area (Å²) in [6.07, 6.45) is 1.37. The number of amides is 2. The Kier molecular flexibility index (Phi) is 5.49. The van der Waals surface area contributed by atoms with Gasteiger partial charge in [0.05, 0.1) is 10.7 Å². The van der Waals surface area contributed by atoms with E-state index in [1.807, 2.05) is 30.3 Å². The van der Waals surface area contributed by atoms with Crippen LogP contribution >= 0.6 is 11.6 Å². The van der Waals surface area contributed by atoms with Crippen LogP contribution in [-0.4, -0.2) is 18.4 Å². The fourth-order valence-corrected chi connectivity index (χ4v) is 3.38. The van der Waals surface area contributed by atoms with Crippen LogP contribution in [0.15, 0.2) is 72.8 Å². The van der Waals surface area contributed by atoms with Crippen molar-refractivity contribution in [3.05, 3.63) is 83.4 Å². The van der Waals surface area contributed by atoms with Gasteiger partial charge in [-0.3, -0.25) is 9.59 Å². The van der Waals surface area contributed by atoms with Gasteiger partial charge in [-0.15, -0.1) is 0 Å². The summed E-state index contributed by atoms with van der Waals surface area (Å²) >= 11 is 6.27. The zero-order valence-electron chi connectivity index (χ0n) is 15.6. The van der Waals surface area contributed by atoms with Gasteiger partial charge < -0.3 is 15.0 Å². The van der Waals surface area contributed by atoms with Gasteiger partial charge in [-0.05, 0) is 55.0 Å². The van der Waals surface area contributed by atoms with Crippen LogP contribution in [0.25, 0.3) is 0 Å². The van der Waals surface area contributed by atoms with Crippen LogP contribution in [0.5, 0.6) is 11.5 Å². The molecule has 3 aromatic rings. The third-order valence-corrected chi connectivity index (χ3v) is 4.99. The fraction of sp³-hybridized carbons (Fsp3) is 0.130. The van der Waals surface area contributed by atoms with Crippen LogP contribution in [0.2, 0.25) is 5.02 Å². The Labute approximate surface area is 173 Å². The third-order valence-electron chi connectivity index (χ3n) is 4.66. The Balaban J connectivity index is 1.52. The maximum absolute atomic E-state index is 12.8. The Morgan fingerprint density at radius 1 is 0.966 bits per heavy atom. The van der Waals surface area contributed by atoms with E-state index in [0.29, 0.717) is 40.7 Å². The fourth-order valence-electron chi connectivity index (χ4n) is 3.22. The number of hydrogen-bond acceptors (Lipinski definition) is 3. The molecular formula is C23H19ClN2O3. The lowest BCUT2D eigenvalue weighted by molar-refractivity contribution is -0.117. The molecule has 3 aromatic carbocycles. The number of benzene rings is 3. The van der Waals surface area contributed by atoms with Gasteiger partial charge in [0.1, 0.15) is 11.5 Å². The minimum Gasteiger partial charge on any atom is -0.457 e. The van der Waals surface area contributed by atoms with Crippen molar-refractivity contribution in [2.45, 2.75) is 12.8 Å². The van der Waals surface area contributed by atoms with Crippen molar-refractivity contribution in [3.63, 3.8) is 0 Å². The first-order valence-corrected chi connectivity index (χ1v) is 9.72. The van der Waals surface area contributed by atoms with Gasteiger partial charge >= 0.3 is 0 Å². The Hall–Kier alpha value is -3.31. The SMILES string of the molecule is O=C(Nc1cc(N2CCCC2=O)ccc1Cl)c1cccc(Oc2ccccc2)c1. The van der Waals surface area contributed by atoms with Crippen LogP contribution < -0.4 is 15.0 Å². The van der Waals surface area contributed by atoms with Crippen molar-refractivity contribution in [2.24, 2.45) is 0 Å². The van der Waals surface area contributed by atoms with E-state index in [0.717, 1.165) is 12.1 Å². The van der Waals surface area contributed by atoms with Gasteiger partial charge in [0, 0.05) is 24.2 Å². The Morgan fingerprint density at radius 2 is 1.76 bits per heavy atom. The number of anilines is 2. The molecule has 0 spiro atoms. The molecule has 0 radical (unpaired) electrons. The van der Waals surface area contributed by atoms with E-state index in [9.17, 15) is 9.59 Å². The third kappa shape index (κ3) is 4.41. The quantitative estimate of drug-likeness (QED) is 0.607. The number of carbonyl (C=O) groups is 2. The summed E-state index contributed by atoms with van der Waals surface area (Å²) in [6, 6.07) is 21.5. The normalized spacial score (nSPS) is 13.4. The molecule has 2 amide bonds. The molecule has 1 heterocycles. The van der Waals surface area contributed by atoms with Crippen molar-refractivity contribution >= 4 is 34.8 Å². The molecule has 1 aliphatic rings. The predicted octanol–water partition coefficient (Wildman–Crippen LogP) is 5.51. The standard InChI is InChI=1S/C23H19ClN2O3/c24-20-12-11-17(26-13-5-10-22(26)27)15-21(20)25-23(28)16-6-4-9-19(14-16)29-18-7-2-1-3-8-18/h1-4,6-9,11-12,14-15H,5,10,13H2,(H,25,28). The Bertz CT molecular complexity index is 1050. The van der Waals surface area contributed by atoms with Crippen molar-refractivity contribution in [1.29, 1.82) is 0 Å². The minimum atomic E-state index is -0.310. The highest BCUT2D eigenvalue weighted by Crippen LogP contribution is 2.30. The molecule has 1 fully saturated rings. The largest absolute Gasteiger partial charge is 0.457 e. The number of para-hydroxylation sites is 1. The van der Waals surface area contributed by atoms with Gasteiger partial charge in [0.25, 0.3) is 5.91 Å². The van der Waals surface area contributed by atoms with E-state index in [4.69, 9.17) is 16.3 Å². The number of nitrogens with one attached hydrogen (secondary N) is 1. The number of halogens is 1. The molecule has 0 aromatic heterocycles. The van der Waals surface area contributed by atoms with E-state index < -0.39 is 0 Å². The van der Waals surface area contributed by atoms with Crippen LogP contribution in [-0.2, 0) is 4.79 Å². The summed E-state index contributed by atoms with van der Waals surface area (Å²) < 4.78 is 5.79. The molecular weight excluding hydrogens is 388 g/mol. The lowest BCUT2D eigenvalue weighted by Gasteiger charge is -2.17. The molecule has 6 heteroatoms. The average Bonchev–Trinajstić information content (AvgIpc) is 3.16. The molecule has 0 atom stereocenters. The number of carbonyl (C=O) groups excluding carboxylic acids is 2. The minimum absolute atomic E-state index is 0.0790. The van der Waals surface area contributed by atoms with Crippen molar-refractivity contribution in [2.75, 3.05) is 16.8 Å². The summed E-state index contributed by atoms with van der Waals surface area (Å²) in [5.74, 6) is 1.02. The maximum atomic E-state index is 12.8. The summed E-state index contributed by atoms with van der Waals surface area (Å²) in [6.45, 7) is 0.673. The smallest absolute Gasteiger partial charge is 0.255 e. The van der Waals surface area contributed by atoms with E-state index in [1.54, 1.807) is 47.4 Å². The van der Waals surface area contributed by atoms with E-state index >= 15 is 0 Å². The molecule has 29 heavy (non-hydrogen) atoms. The zero-order chi connectivity index (χ0) is 20.2. The molecule has 5 nitrogen and oxygen atoms in total. The first-order valence-electron chi connectivity index (χ1n) is 9.34. The second-order valence-corrected chi connectivity index (χ2v) is 7.12. The Morgan fingerprint density at radius 3 is 2.52 bits per heavy atom. The van der Waals surface area contributed by atoms with Crippen molar-refractivity contribution < 1.29 is 14.3 Å². The van der Waals surface area contributed by atoms with Crippen LogP contribution in [0.1, 0.15) is 23.2 Å². The zero-order valence-corrected chi connectivity index (χ0v) is 16.4. The van der Waals surface area contributed by atoms with Gasteiger partial charge in [0.2, 0.25) is 5.91 Å². The number of nitrogens with zero attached hydrogens (tertiary/aromatic N) is 1. The molecule has 0 aliphatic carbocycles. The molecule has 146 valence electrons. The molecule has 1 N–H and O–H groups in total. The summed E-state index contributed by atoms with van der Waals surface area (Å²) in [7, 11) is 0. The van der Waals surface area contributed by atoms with Gasteiger partial charge in [-0.25, -0.2) is 0 Å². The highest BCUT2D eigenvalue weighted by molar-refractivity contribution is 6.34. The predicted molar refractivity (Wildman–Crippen MR) is 114 cm³/mol. The van der Waals surface area contributed by atoms with E-state index in [-0.39, 0.29) is 11.8 Å². The second-order valence-electron chi connectivity index (χ2n) is 6.71. The molecule has 1 aliphatic heterocycles. The molecule has 0 saturated carbocycles. The first-order chi connectivity index (χ1) is 14.1. The van der Waals surface area contributed by atoms with Gasteiger partial charge in [0.15, 0.2) is 0 Å². The van der Waals surface area contributed by atoms with Crippen molar-refractivity contribution in [3.8, 4) is 11.5 Å². The van der Waals surface area contributed by atoms with E-state index in [1.165, 1.54) is 0 Å². The van der Waals surface area contributed by atoms with Gasteiger partial charge in [-0.1, -0.05) is 35.9 Å². The number of rotatable bonds is 5. The van der Waals surface area contributed by atoms with Crippen LogP contribution in [0, 0.1) is 0 Å². The van der Waals surface area contributed by atoms with Crippen molar-refractivity contribution in [1.82, 2.24) is 0 Å². The highest BCUT2D eigenvalue weighted by atomic mass is 35.5. The first kappa shape index (κ1) is 19.0. The summed E-state index contributed by atoms with van der Waals surface area (Å²) in [5, 5.41) is 3.24. The summed E-state index contributed by atoms with van der Waals surface area (Å²) in [5.41, 5.74) is 1.63. The molecule has 0 unspecified atom stereocenters. The highest BCUT2D eigenvalue weighted by Gasteiger charge is 2.22. The topological polar surface area (TPSA) is 58.6 Å². The van der Waals surface area contributed by atoms with Crippen LogP contribution in [0.3, 0.4) is 0 Å². The summed E-state index contributed by atoms with van der Waals surface area (Å²) in [4.78, 5) is 26.5. The maximum Gasteiger partial charge on any atom is 0.255 e.